The average Bonchev–Trinajstić information content (AvgIpc) is 2.99. The van der Waals surface area contributed by atoms with Crippen LogP contribution in [0.15, 0.2) is 0 Å². The van der Waals surface area contributed by atoms with Crippen molar-refractivity contribution in [3.63, 3.8) is 0 Å². The summed E-state index contributed by atoms with van der Waals surface area (Å²) >= 11 is 0. The van der Waals surface area contributed by atoms with Crippen LogP contribution in [0.5, 0.6) is 0 Å². The van der Waals surface area contributed by atoms with Crippen LogP contribution in [0.25, 0.3) is 0 Å². The van der Waals surface area contributed by atoms with Crippen molar-refractivity contribution in [2.24, 2.45) is 5.92 Å². The highest BCUT2D eigenvalue weighted by Crippen LogP contribution is 2.21. The maximum absolute atomic E-state index is 12.6. The number of amides is 2. The van der Waals surface area contributed by atoms with Gasteiger partial charge in [-0.1, -0.05) is 20.3 Å². The first-order valence-electron chi connectivity index (χ1n) is 8.48. The second-order valence-electron chi connectivity index (χ2n) is 7.23. The maximum Gasteiger partial charge on any atom is 0.410 e. The van der Waals surface area contributed by atoms with Crippen LogP contribution in [-0.4, -0.2) is 54.2 Å². The molecule has 0 bridgehead atoms. The number of nitrogens with zero attached hydrogens (tertiary/aromatic N) is 1. The molecule has 0 spiro atoms. The van der Waals surface area contributed by atoms with Gasteiger partial charge in [0.05, 0.1) is 7.11 Å². The van der Waals surface area contributed by atoms with Gasteiger partial charge in [-0.05, 0) is 39.5 Å². The summed E-state index contributed by atoms with van der Waals surface area (Å²) in [7, 11) is 1.30. The second-order valence-corrected chi connectivity index (χ2v) is 7.23. The lowest BCUT2D eigenvalue weighted by molar-refractivity contribution is -0.147. The van der Waals surface area contributed by atoms with Crippen LogP contribution in [0.3, 0.4) is 0 Å². The number of nitrogens with one attached hydrogen (secondary N) is 1. The Labute approximate surface area is 144 Å². The lowest BCUT2D eigenvalue weighted by Gasteiger charge is -2.29. The molecule has 0 aromatic rings. The molecular formula is C17H30N2O5. The maximum atomic E-state index is 12.6. The molecule has 2 amide bonds. The zero-order valence-corrected chi connectivity index (χ0v) is 15.5. The number of carbonyl (C=O) groups is 3. The molecule has 3 atom stereocenters. The highest BCUT2D eigenvalue weighted by atomic mass is 16.6. The third-order valence-corrected chi connectivity index (χ3v) is 4.15. The molecule has 7 heteroatoms. The molecule has 1 fully saturated rings. The number of hydrogen-bond acceptors (Lipinski definition) is 5. The number of hydrogen-bond donors (Lipinski definition) is 1. The van der Waals surface area contributed by atoms with Crippen molar-refractivity contribution in [1.82, 2.24) is 10.2 Å². The van der Waals surface area contributed by atoms with Gasteiger partial charge in [0.15, 0.2) is 0 Å². The highest BCUT2D eigenvalue weighted by Gasteiger charge is 2.38. The van der Waals surface area contributed by atoms with E-state index >= 15 is 0 Å². The molecule has 0 aliphatic carbocycles. The first-order valence-corrected chi connectivity index (χ1v) is 8.48. The Bertz CT molecular complexity index is 472. The van der Waals surface area contributed by atoms with Gasteiger partial charge >= 0.3 is 12.1 Å². The summed E-state index contributed by atoms with van der Waals surface area (Å²) in [5, 5.41) is 2.75. The fraction of sp³-hybridized carbons (Fsp3) is 0.824. The molecule has 1 aliphatic heterocycles. The predicted molar refractivity (Wildman–Crippen MR) is 89.4 cm³/mol. The molecule has 138 valence electrons. The summed E-state index contributed by atoms with van der Waals surface area (Å²) in [5.41, 5.74) is -0.619. The molecule has 0 saturated carbocycles. The Morgan fingerprint density at radius 2 is 1.92 bits per heavy atom. The Morgan fingerprint density at radius 1 is 1.29 bits per heavy atom. The van der Waals surface area contributed by atoms with E-state index in [1.54, 1.807) is 20.8 Å². The highest BCUT2D eigenvalue weighted by molar-refractivity contribution is 5.90. The zero-order chi connectivity index (χ0) is 18.5. The molecule has 0 radical (unpaired) electrons. The smallest absolute Gasteiger partial charge is 0.410 e. The molecule has 1 heterocycles. The zero-order valence-electron chi connectivity index (χ0n) is 15.5. The molecule has 0 unspecified atom stereocenters. The summed E-state index contributed by atoms with van der Waals surface area (Å²) in [6.45, 7) is 9.64. The summed E-state index contributed by atoms with van der Waals surface area (Å²) in [5.74, 6) is -0.869. The average molecular weight is 342 g/mol. The van der Waals surface area contributed by atoms with Crippen LogP contribution in [0, 0.1) is 5.92 Å². The number of rotatable bonds is 5. The first kappa shape index (κ1) is 20.3. The van der Waals surface area contributed by atoms with Crippen LogP contribution in [0.1, 0.15) is 53.9 Å². The van der Waals surface area contributed by atoms with Gasteiger partial charge in [0.1, 0.15) is 17.7 Å². The minimum absolute atomic E-state index is 0.0576. The van der Waals surface area contributed by atoms with Gasteiger partial charge in [-0.25, -0.2) is 9.59 Å². The molecule has 24 heavy (non-hydrogen) atoms. The van der Waals surface area contributed by atoms with E-state index in [0.717, 1.165) is 12.8 Å². The second kappa shape index (κ2) is 8.35. The fourth-order valence-corrected chi connectivity index (χ4v) is 2.62. The van der Waals surface area contributed by atoms with Crippen molar-refractivity contribution in [3.05, 3.63) is 0 Å². The third kappa shape index (κ3) is 5.39. The number of esters is 1. The quantitative estimate of drug-likeness (QED) is 0.773. The fourth-order valence-electron chi connectivity index (χ4n) is 2.62. The Morgan fingerprint density at radius 3 is 2.42 bits per heavy atom. The van der Waals surface area contributed by atoms with E-state index in [9.17, 15) is 14.4 Å². The van der Waals surface area contributed by atoms with Crippen molar-refractivity contribution in [2.75, 3.05) is 13.7 Å². The molecule has 0 aromatic carbocycles. The normalized spacial score (nSPS) is 20.2. The van der Waals surface area contributed by atoms with E-state index in [1.807, 2.05) is 13.8 Å². The lowest BCUT2D eigenvalue weighted by atomic mass is 9.98. The van der Waals surface area contributed by atoms with Crippen LogP contribution in [-0.2, 0) is 19.1 Å². The largest absolute Gasteiger partial charge is 0.467 e. The molecular weight excluding hydrogens is 312 g/mol. The van der Waals surface area contributed by atoms with E-state index in [-0.39, 0.29) is 11.8 Å². The Kier molecular flexibility index (Phi) is 7.05. The monoisotopic (exact) mass is 342 g/mol. The number of carbonyl (C=O) groups excluding carboxylic acids is 3. The molecule has 1 rings (SSSR count). The van der Waals surface area contributed by atoms with Gasteiger partial charge in [0.2, 0.25) is 5.91 Å². The van der Waals surface area contributed by atoms with Crippen molar-refractivity contribution >= 4 is 18.0 Å². The standard InChI is InChI=1S/C17H30N2O5/c1-7-11(2)13(15(21)23-6)18-14(20)12-9-8-10-19(12)16(22)24-17(3,4)5/h11-13H,7-10H2,1-6H3,(H,18,20)/t11-,12-,13-/m0/s1. The van der Waals surface area contributed by atoms with Gasteiger partial charge in [-0.15, -0.1) is 0 Å². The minimum Gasteiger partial charge on any atom is -0.467 e. The SMILES string of the molecule is CC[C@H](C)[C@H](NC(=O)[C@@H]1CCCN1C(=O)OC(C)(C)C)C(=O)OC. The summed E-state index contributed by atoms with van der Waals surface area (Å²) < 4.78 is 10.1. The summed E-state index contributed by atoms with van der Waals surface area (Å²) in [6, 6.07) is -1.33. The topological polar surface area (TPSA) is 84.9 Å². The van der Waals surface area contributed by atoms with E-state index < -0.39 is 29.7 Å². The van der Waals surface area contributed by atoms with E-state index in [1.165, 1.54) is 12.0 Å². The van der Waals surface area contributed by atoms with E-state index in [4.69, 9.17) is 9.47 Å². The van der Waals surface area contributed by atoms with Crippen LogP contribution in [0.4, 0.5) is 4.79 Å². The van der Waals surface area contributed by atoms with Gasteiger partial charge in [-0.2, -0.15) is 0 Å². The van der Waals surface area contributed by atoms with Gasteiger partial charge in [0.25, 0.3) is 0 Å². The first-order chi connectivity index (χ1) is 11.1. The van der Waals surface area contributed by atoms with E-state index in [0.29, 0.717) is 13.0 Å². The van der Waals surface area contributed by atoms with Crippen molar-refractivity contribution in [2.45, 2.75) is 71.6 Å². The van der Waals surface area contributed by atoms with Gasteiger partial charge in [-0.3, -0.25) is 9.69 Å². The summed E-state index contributed by atoms with van der Waals surface area (Å²) in [6.07, 6.45) is 1.50. The van der Waals surface area contributed by atoms with Gasteiger partial charge < -0.3 is 14.8 Å². The van der Waals surface area contributed by atoms with Crippen molar-refractivity contribution < 1.29 is 23.9 Å². The number of likely N-dealkylation sites (tertiary alicyclic amines) is 1. The molecule has 1 N–H and O–H groups in total. The summed E-state index contributed by atoms with van der Waals surface area (Å²) in [4.78, 5) is 38.2. The van der Waals surface area contributed by atoms with Crippen LogP contribution < -0.4 is 5.32 Å². The lowest BCUT2D eigenvalue weighted by Crippen LogP contribution is -2.53. The molecule has 0 aromatic heterocycles. The molecule has 1 aliphatic rings. The third-order valence-electron chi connectivity index (χ3n) is 4.15. The molecule has 1 saturated heterocycles. The Hall–Kier alpha value is -1.79. The predicted octanol–water partition coefficient (Wildman–Crippen LogP) is 2.09. The van der Waals surface area contributed by atoms with Gasteiger partial charge in [0, 0.05) is 6.54 Å². The molecule has 7 nitrogen and oxygen atoms in total. The van der Waals surface area contributed by atoms with Crippen LogP contribution >= 0.6 is 0 Å². The number of ether oxygens (including phenoxy) is 2. The van der Waals surface area contributed by atoms with Crippen LogP contribution in [0.2, 0.25) is 0 Å². The van der Waals surface area contributed by atoms with E-state index in [2.05, 4.69) is 5.32 Å². The van der Waals surface area contributed by atoms with Crippen molar-refractivity contribution in [1.29, 1.82) is 0 Å². The van der Waals surface area contributed by atoms with Crippen molar-refractivity contribution in [3.8, 4) is 0 Å². The number of methoxy groups -OCH3 is 1. The Balaban J connectivity index is 2.80. The minimum atomic E-state index is -0.714.